The first-order chi connectivity index (χ1) is 7.61. The smallest absolute Gasteiger partial charge is 0.332 e. The molecular formula is C12H22N2O2. The van der Waals surface area contributed by atoms with E-state index in [-0.39, 0.29) is 5.57 Å². The number of rotatable bonds is 6. The third-order valence-corrected chi connectivity index (χ3v) is 3.09. The Kier molecular flexibility index (Phi) is 5.49. The molecule has 4 nitrogen and oxygen atoms in total. The fraction of sp³-hybridized carbons (Fsp3) is 0.750. The molecule has 0 amide bonds. The number of nitrogens with one attached hydrogen (secondary N) is 1. The molecule has 1 heterocycles. The van der Waals surface area contributed by atoms with Gasteiger partial charge in [-0.05, 0) is 32.9 Å². The molecule has 1 atom stereocenters. The van der Waals surface area contributed by atoms with Crippen molar-refractivity contribution in [3.05, 3.63) is 12.2 Å². The topological polar surface area (TPSA) is 52.6 Å². The lowest BCUT2D eigenvalue weighted by molar-refractivity contribution is -0.132. The van der Waals surface area contributed by atoms with Gasteiger partial charge in [0.05, 0.1) is 0 Å². The molecule has 0 aromatic heterocycles. The summed E-state index contributed by atoms with van der Waals surface area (Å²) in [5.74, 6) is -0.918. The molecular weight excluding hydrogens is 204 g/mol. The molecule has 0 spiro atoms. The van der Waals surface area contributed by atoms with Gasteiger partial charge in [-0.1, -0.05) is 13.0 Å². The molecule has 4 heteroatoms. The van der Waals surface area contributed by atoms with E-state index < -0.39 is 5.97 Å². The number of likely N-dealkylation sites (tertiary alicyclic amines) is 1. The Morgan fingerprint density at radius 1 is 1.44 bits per heavy atom. The molecule has 0 aliphatic carbocycles. The van der Waals surface area contributed by atoms with Crippen LogP contribution in [0.25, 0.3) is 0 Å². The number of hydrogen-bond acceptors (Lipinski definition) is 3. The van der Waals surface area contributed by atoms with E-state index in [0.717, 1.165) is 6.54 Å². The summed E-state index contributed by atoms with van der Waals surface area (Å²) in [6.07, 6.45) is 3.91. The maximum absolute atomic E-state index is 10.5. The van der Waals surface area contributed by atoms with Gasteiger partial charge in [0.25, 0.3) is 0 Å². The Morgan fingerprint density at radius 2 is 2.06 bits per heavy atom. The Hall–Kier alpha value is -0.870. The Bertz CT molecular complexity index is 247. The summed E-state index contributed by atoms with van der Waals surface area (Å²) >= 11 is 0. The predicted molar refractivity (Wildman–Crippen MR) is 64.5 cm³/mol. The molecule has 0 saturated carbocycles. The minimum absolute atomic E-state index is 0.228. The fourth-order valence-corrected chi connectivity index (χ4v) is 2.00. The van der Waals surface area contributed by atoms with Crippen LogP contribution in [-0.4, -0.2) is 48.2 Å². The first-order valence-corrected chi connectivity index (χ1v) is 5.97. The molecule has 1 aliphatic rings. The molecule has 0 aromatic rings. The van der Waals surface area contributed by atoms with Crippen LogP contribution in [0.5, 0.6) is 0 Å². The molecule has 2 N–H and O–H groups in total. The summed E-state index contributed by atoms with van der Waals surface area (Å²) in [6.45, 7) is 9.20. The quantitative estimate of drug-likeness (QED) is 0.666. The first kappa shape index (κ1) is 13.2. The number of carbonyl (C=O) groups is 1. The van der Waals surface area contributed by atoms with Crippen molar-refractivity contribution >= 4 is 5.97 Å². The summed E-state index contributed by atoms with van der Waals surface area (Å²) in [5.41, 5.74) is 0.228. The maximum Gasteiger partial charge on any atom is 0.332 e. The van der Waals surface area contributed by atoms with E-state index in [1.54, 1.807) is 0 Å². The molecule has 1 saturated heterocycles. The molecule has 1 rings (SSSR count). The number of carboxylic acid groups (broad SMARTS) is 1. The summed E-state index contributed by atoms with van der Waals surface area (Å²) < 4.78 is 0. The average molecular weight is 226 g/mol. The third-order valence-electron chi connectivity index (χ3n) is 3.09. The molecule has 1 aliphatic heterocycles. The van der Waals surface area contributed by atoms with Crippen molar-refractivity contribution in [3.63, 3.8) is 0 Å². The molecule has 92 valence electrons. The molecule has 1 fully saturated rings. The zero-order valence-corrected chi connectivity index (χ0v) is 10.0. The van der Waals surface area contributed by atoms with Crippen LogP contribution in [0.2, 0.25) is 0 Å². The minimum atomic E-state index is -0.918. The van der Waals surface area contributed by atoms with Crippen molar-refractivity contribution < 1.29 is 9.90 Å². The van der Waals surface area contributed by atoms with Crippen LogP contribution < -0.4 is 5.32 Å². The lowest BCUT2D eigenvalue weighted by Gasteiger charge is -2.32. The van der Waals surface area contributed by atoms with Crippen molar-refractivity contribution in [2.24, 2.45) is 0 Å². The molecule has 1 unspecified atom stereocenters. The number of hydrogen-bond donors (Lipinski definition) is 2. The van der Waals surface area contributed by atoms with E-state index in [0.29, 0.717) is 12.6 Å². The average Bonchev–Trinajstić information content (AvgIpc) is 2.29. The van der Waals surface area contributed by atoms with Gasteiger partial charge in [-0.15, -0.1) is 0 Å². The largest absolute Gasteiger partial charge is 0.478 e. The van der Waals surface area contributed by atoms with E-state index in [9.17, 15) is 4.79 Å². The second-order valence-electron chi connectivity index (χ2n) is 4.49. The van der Waals surface area contributed by atoms with Crippen molar-refractivity contribution in [1.82, 2.24) is 10.2 Å². The van der Waals surface area contributed by atoms with Crippen LogP contribution in [0.1, 0.15) is 26.2 Å². The van der Waals surface area contributed by atoms with E-state index in [2.05, 4.69) is 23.7 Å². The van der Waals surface area contributed by atoms with Gasteiger partial charge in [0.2, 0.25) is 0 Å². The normalized spacial score (nSPS) is 19.3. The van der Waals surface area contributed by atoms with Crippen LogP contribution in [0.4, 0.5) is 0 Å². The van der Waals surface area contributed by atoms with Gasteiger partial charge in [-0.3, -0.25) is 4.90 Å². The fourth-order valence-electron chi connectivity index (χ4n) is 2.00. The zero-order chi connectivity index (χ0) is 12.0. The minimum Gasteiger partial charge on any atom is -0.478 e. The maximum atomic E-state index is 10.5. The monoisotopic (exact) mass is 226 g/mol. The van der Waals surface area contributed by atoms with Crippen LogP contribution in [0, 0.1) is 0 Å². The van der Waals surface area contributed by atoms with Gasteiger partial charge < -0.3 is 10.4 Å². The summed E-state index contributed by atoms with van der Waals surface area (Å²) in [4.78, 5) is 13.0. The lowest BCUT2D eigenvalue weighted by atomic mass is 10.1. The van der Waals surface area contributed by atoms with E-state index in [1.165, 1.54) is 32.4 Å². The highest BCUT2D eigenvalue weighted by atomic mass is 16.4. The highest BCUT2D eigenvalue weighted by Crippen LogP contribution is 2.11. The molecule has 16 heavy (non-hydrogen) atoms. The van der Waals surface area contributed by atoms with Gasteiger partial charge in [0, 0.05) is 24.7 Å². The number of piperidine rings is 1. The summed E-state index contributed by atoms with van der Waals surface area (Å²) in [7, 11) is 0. The van der Waals surface area contributed by atoms with Gasteiger partial charge >= 0.3 is 5.97 Å². The Labute approximate surface area is 97.3 Å². The van der Waals surface area contributed by atoms with Crippen LogP contribution in [0.3, 0.4) is 0 Å². The van der Waals surface area contributed by atoms with Gasteiger partial charge in [0.1, 0.15) is 0 Å². The van der Waals surface area contributed by atoms with Crippen LogP contribution in [0.15, 0.2) is 12.2 Å². The standard InChI is InChI=1S/C12H22N2O2/c1-10(12(15)16)8-13-9-11(2)14-6-4-3-5-7-14/h11,13H,1,3-9H2,2H3,(H,15,16). The zero-order valence-electron chi connectivity index (χ0n) is 10.0. The van der Waals surface area contributed by atoms with Crippen LogP contribution >= 0.6 is 0 Å². The SMILES string of the molecule is C=C(CNCC(C)N1CCCCC1)C(=O)O. The van der Waals surface area contributed by atoms with Gasteiger partial charge in [-0.2, -0.15) is 0 Å². The Morgan fingerprint density at radius 3 is 2.62 bits per heavy atom. The molecule has 0 bridgehead atoms. The van der Waals surface area contributed by atoms with Crippen LogP contribution in [-0.2, 0) is 4.79 Å². The molecule has 0 aromatic carbocycles. The second-order valence-corrected chi connectivity index (χ2v) is 4.49. The molecule has 0 radical (unpaired) electrons. The highest BCUT2D eigenvalue weighted by molar-refractivity contribution is 5.86. The third kappa shape index (κ3) is 4.33. The second kappa shape index (κ2) is 6.66. The Balaban J connectivity index is 2.16. The van der Waals surface area contributed by atoms with Gasteiger partial charge in [-0.25, -0.2) is 4.79 Å². The number of carboxylic acids is 1. The first-order valence-electron chi connectivity index (χ1n) is 5.97. The van der Waals surface area contributed by atoms with Crippen molar-refractivity contribution in [1.29, 1.82) is 0 Å². The van der Waals surface area contributed by atoms with E-state index in [1.807, 2.05) is 0 Å². The van der Waals surface area contributed by atoms with E-state index >= 15 is 0 Å². The highest BCUT2D eigenvalue weighted by Gasteiger charge is 2.16. The van der Waals surface area contributed by atoms with Crippen molar-refractivity contribution in [2.45, 2.75) is 32.2 Å². The predicted octanol–water partition coefficient (Wildman–Crippen LogP) is 1.09. The number of aliphatic carboxylic acids is 1. The van der Waals surface area contributed by atoms with Crippen molar-refractivity contribution in [3.8, 4) is 0 Å². The van der Waals surface area contributed by atoms with Gasteiger partial charge in [0.15, 0.2) is 0 Å². The van der Waals surface area contributed by atoms with E-state index in [4.69, 9.17) is 5.11 Å². The number of nitrogens with zero attached hydrogens (tertiary/aromatic N) is 1. The van der Waals surface area contributed by atoms with Crippen molar-refractivity contribution in [2.75, 3.05) is 26.2 Å². The summed E-state index contributed by atoms with van der Waals surface area (Å²) in [6, 6.07) is 0.474. The lowest BCUT2D eigenvalue weighted by Crippen LogP contribution is -2.43. The summed E-state index contributed by atoms with van der Waals surface area (Å²) in [5, 5.41) is 11.8.